The minimum atomic E-state index is -0.962. The molecule has 3 amide bonds. The molecule has 2 fully saturated rings. The lowest BCUT2D eigenvalue weighted by molar-refractivity contribution is -0.385. The number of hydrogen-bond donors (Lipinski definition) is 0. The number of carbonyl (C=O) groups excluding carboxylic acids is 3. The fraction of sp³-hybridized carbons (Fsp3) is 0.300. The zero-order valence-corrected chi connectivity index (χ0v) is 22.4. The number of ketones is 1. The lowest BCUT2D eigenvalue weighted by atomic mass is 9.75. The Bertz CT molecular complexity index is 1460. The summed E-state index contributed by atoms with van der Waals surface area (Å²) in [6, 6.07) is 17.8. The van der Waals surface area contributed by atoms with Crippen LogP contribution in [0.4, 0.5) is 10.5 Å². The Labute approximate surface area is 231 Å². The van der Waals surface area contributed by atoms with Crippen molar-refractivity contribution in [1.29, 1.82) is 0 Å². The summed E-state index contributed by atoms with van der Waals surface area (Å²) in [5, 5.41) is 11.9. The van der Waals surface area contributed by atoms with Gasteiger partial charge in [-0.2, -0.15) is 0 Å². The second-order valence-electron chi connectivity index (χ2n) is 9.81. The van der Waals surface area contributed by atoms with Crippen LogP contribution in [0, 0.1) is 16.0 Å². The minimum Gasteiger partial charge on any atom is -0.497 e. The molecule has 5 rings (SSSR count). The van der Waals surface area contributed by atoms with Crippen molar-refractivity contribution >= 4 is 23.4 Å². The highest BCUT2D eigenvalue weighted by Crippen LogP contribution is 2.54. The molecule has 3 aromatic carbocycles. The molecule has 2 aliphatic heterocycles. The SMILES string of the molecule is CCCN1C(=O)C2C(c3ccc(OC)cc3)C(C(=O)c3ccccc3)C(c3ccc(OC)c([N+](=O)[O-])c3)N2C1=O. The molecule has 0 aliphatic carbocycles. The van der Waals surface area contributed by atoms with Gasteiger partial charge < -0.3 is 14.4 Å². The predicted molar refractivity (Wildman–Crippen MR) is 145 cm³/mol. The van der Waals surface area contributed by atoms with Gasteiger partial charge in [-0.1, -0.05) is 55.5 Å². The summed E-state index contributed by atoms with van der Waals surface area (Å²) in [5.74, 6) is -1.59. The molecule has 3 aromatic rings. The molecule has 10 nitrogen and oxygen atoms in total. The predicted octanol–water partition coefficient (Wildman–Crippen LogP) is 4.99. The summed E-state index contributed by atoms with van der Waals surface area (Å²) in [6.07, 6.45) is 0.566. The van der Waals surface area contributed by atoms with E-state index in [1.165, 1.54) is 29.0 Å². The molecular formula is C30H29N3O7. The highest BCUT2D eigenvalue weighted by atomic mass is 16.6. The van der Waals surface area contributed by atoms with Gasteiger partial charge in [0.25, 0.3) is 5.91 Å². The van der Waals surface area contributed by atoms with Crippen LogP contribution in [0.1, 0.15) is 46.8 Å². The van der Waals surface area contributed by atoms with Gasteiger partial charge >= 0.3 is 11.7 Å². The van der Waals surface area contributed by atoms with Crippen molar-refractivity contribution in [3.8, 4) is 11.5 Å². The standard InChI is InChI=1S/C30H29N3O7/c1-4-16-31-29(35)27-24(18-10-13-21(39-2)14-11-18)25(28(34)19-8-6-5-7-9-19)26(32(27)30(31)36)20-12-15-23(40-3)22(17-20)33(37)38/h5-15,17,24-27H,4,16H2,1-3H3. The number of ether oxygens (including phenoxy) is 2. The van der Waals surface area contributed by atoms with Crippen molar-refractivity contribution in [2.45, 2.75) is 31.3 Å². The maximum Gasteiger partial charge on any atom is 0.328 e. The van der Waals surface area contributed by atoms with Crippen LogP contribution in [0.25, 0.3) is 0 Å². The van der Waals surface area contributed by atoms with Crippen LogP contribution >= 0.6 is 0 Å². The Hall–Kier alpha value is -4.73. The maximum absolute atomic E-state index is 14.3. The van der Waals surface area contributed by atoms with E-state index in [1.807, 2.05) is 6.92 Å². The number of rotatable bonds is 9. The topological polar surface area (TPSA) is 119 Å². The summed E-state index contributed by atoms with van der Waals surface area (Å²) in [7, 11) is 2.88. The lowest BCUT2D eigenvalue weighted by Gasteiger charge is -2.29. The highest BCUT2D eigenvalue weighted by Gasteiger charge is 2.63. The van der Waals surface area contributed by atoms with E-state index in [9.17, 15) is 24.5 Å². The molecule has 4 unspecified atom stereocenters. The average Bonchev–Trinajstić information content (AvgIpc) is 3.45. The zero-order chi connectivity index (χ0) is 28.6. The summed E-state index contributed by atoms with van der Waals surface area (Å²) in [4.78, 5) is 56.0. The molecule has 2 saturated heterocycles. The first kappa shape index (κ1) is 26.9. The molecule has 2 heterocycles. The van der Waals surface area contributed by atoms with Crippen LogP contribution in [-0.2, 0) is 4.79 Å². The van der Waals surface area contributed by atoms with Gasteiger partial charge in [0.05, 0.1) is 31.1 Å². The van der Waals surface area contributed by atoms with E-state index in [4.69, 9.17) is 9.47 Å². The van der Waals surface area contributed by atoms with Crippen molar-refractivity contribution in [3.05, 3.63) is 99.6 Å². The molecule has 40 heavy (non-hydrogen) atoms. The molecule has 0 saturated carbocycles. The smallest absolute Gasteiger partial charge is 0.328 e. The molecule has 0 spiro atoms. The van der Waals surface area contributed by atoms with E-state index in [2.05, 4.69) is 0 Å². The Kier molecular flexibility index (Phi) is 7.25. The van der Waals surface area contributed by atoms with Crippen LogP contribution in [-0.4, -0.2) is 59.3 Å². The fourth-order valence-electron chi connectivity index (χ4n) is 5.96. The number of nitrogens with zero attached hydrogens (tertiary/aromatic N) is 3. The molecule has 4 atom stereocenters. The molecule has 0 bridgehead atoms. The summed E-state index contributed by atoms with van der Waals surface area (Å²) < 4.78 is 10.5. The van der Waals surface area contributed by atoms with E-state index in [0.29, 0.717) is 28.9 Å². The Morgan fingerprint density at radius 2 is 1.60 bits per heavy atom. The number of nitro benzene ring substituents is 1. The van der Waals surface area contributed by atoms with Gasteiger partial charge in [0.1, 0.15) is 11.8 Å². The van der Waals surface area contributed by atoms with Crippen LogP contribution in [0.5, 0.6) is 11.5 Å². The van der Waals surface area contributed by atoms with E-state index in [1.54, 1.807) is 67.8 Å². The average molecular weight is 544 g/mol. The van der Waals surface area contributed by atoms with Gasteiger partial charge in [-0.3, -0.25) is 24.6 Å². The Morgan fingerprint density at radius 3 is 2.20 bits per heavy atom. The second-order valence-corrected chi connectivity index (χ2v) is 9.81. The van der Waals surface area contributed by atoms with Crippen molar-refractivity contribution < 1.29 is 28.8 Å². The van der Waals surface area contributed by atoms with Crippen LogP contribution in [0.15, 0.2) is 72.8 Å². The maximum atomic E-state index is 14.3. The molecule has 10 heteroatoms. The zero-order valence-electron chi connectivity index (χ0n) is 22.4. The summed E-state index contributed by atoms with van der Waals surface area (Å²) in [5.41, 5.74) is 1.20. The summed E-state index contributed by atoms with van der Waals surface area (Å²) >= 11 is 0. The third-order valence-corrected chi connectivity index (χ3v) is 7.69. The summed E-state index contributed by atoms with van der Waals surface area (Å²) in [6.45, 7) is 2.10. The number of benzene rings is 3. The van der Waals surface area contributed by atoms with E-state index in [0.717, 1.165) is 0 Å². The number of fused-ring (bicyclic) bond motifs is 1. The molecule has 0 aromatic heterocycles. The monoisotopic (exact) mass is 543 g/mol. The highest BCUT2D eigenvalue weighted by molar-refractivity contribution is 6.08. The number of nitro groups is 1. The van der Waals surface area contributed by atoms with Gasteiger partial charge in [-0.05, 0) is 35.7 Å². The first-order valence-electron chi connectivity index (χ1n) is 13.0. The van der Waals surface area contributed by atoms with E-state index in [-0.39, 0.29) is 29.7 Å². The number of Topliss-reactive ketones (excluding diaryl/α,β-unsaturated/α-hetero) is 1. The molecular weight excluding hydrogens is 514 g/mol. The number of urea groups is 1. The van der Waals surface area contributed by atoms with Crippen molar-refractivity contribution in [3.63, 3.8) is 0 Å². The van der Waals surface area contributed by atoms with Gasteiger partial charge in [0.2, 0.25) is 0 Å². The van der Waals surface area contributed by atoms with Gasteiger partial charge in [-0.15, -0.1) is 0 Å². The molecule has 206 valence electrons. The van der Waals surface area contributed by atoms with Crippen LogP contribution in [0.2, 0.25) is 0 Å². The molecule has 2 aliphatic rings. The van der Waals surface area contributed by atoms with Crippen molar-refractivity contribution in [2.24, 2.45) is 5.92 Å². The number of carbonyl (C=O) groups is 3. The van der Waals surface area contributed by atoms with E-state index < -0.39 is 34.9 Å². The van der Waals surface area contributed by atoms with E-state index >= 15 is 0 Å². The Balaban J connectivity index is 1.75. The number of imide groups is 1. The molecule has 0 N–H and O–H groups in total. The van der Waals surface area contributed by atoms with Crippen LogP contribution < -0.4 is 9.47 Å². The normalized spacial score (nSPS) is 21.9. The third kappa shape index (κ3) is 4.35. The number of hydrogen-bond acceptors (Lipinski definition) is 7. The largest absolute Gasteiger partial charge is 0.497 e. The van der Waals surface area contributed by atoms with Gasteiger partial charge in [0, 0.05) is 24.1 Å². The first-order chi connectivity index (χ1) is 19.3. The lowest BCUT2D eigenvalue weighted by Crippen LogP contribution is -2.38. The number of amides is 3. The van der Waals surface area contributed by atoms with Gasteiger partial charge in [-0.25, -0.2) is 4.79 Å². The Morgan fingerprint density at radius 1 is 0.925 bits per heavy atom. The van der Waals surface area contributed by atoms with Crippen molar-refractivity contribution in [2.75, 3.05) is 20.8 Å². The van der Waals surface area contributed by atoms with Crippen molar-refractivity contribution in [1.82, 2.24) is 9.80 Å². The number of methoxy groups -OCH3 is 2. The molecule has 0 radical (unpaired) electrons. The van der Waals surface area contributed by atoms with Gasteiger partial charge in [0.15, 0.2) is 11.5 Å². The quantitative estimate of drug-likeness (QED) is 0.161. The first-order valence-corrected chi connectivity index (χ1v) is 13.0. The third-order valence-electron chi connectivity index (χ3n) is 7.69. The second kappa shape index (κ2) is 10.8. The van der Waals surface area contributed by atoms with Crippen LogP contribution in [0.3, 0.4) is 0 Å². The fourth-order valence-corrected chi connectivity index (χ4v) is 5.96. The minimum absolute atomic E-state index is 0.0531.